The molecule has 0 fully saturated rings. The first-order valence-electron chi connectivity index (χ1n) is 6.52. The van der Waals surface area contributed by atoms with E-state index < -0.39 is 17.2 Å². The Kier molecular flexibility index (Phi) is 3.18. The molecule has 1 heterocycles. The lowest BCUT2D eigenvalue weighted by Crippen LogP contribution is -2.25. The number of aromatic nitrogens is 1. The highest BCUT2D eigenvalue weighted by atomic mass is 19.2. The summed E-state index contributed by atoms with van der Waals surface area (Å²) in [6, 6.07) is 11.1. The standard InChI is InChI=1S/C17H13F2NO/c1-17(21,13-7-4-8-15(18)16(13)19)14-10-20-9-11-5-2-3-6-12(11)14/h2-10,21H,1H3. The van der Waals surface area contributed by atoms with E-state index in [1.807, 2.05) is 24.3 Å². The Hall–Kier alpha value is -2.33. The lowest BCUT2D eigenvalue weighted by molar-refractivity contribution is 0.0982. The molecule has 0 saturated carbocycles. The average Bonchev–Trinajstić information content (AvgIpc) is 2.49. The van der Waals surface area contributed by atoms with Gasteiger partial charge in [0.25, 0.3) is 0 Å². The van der Waals surface area contributed by atoms with E-state index in [2.05, 4.69) is 4.98 Å². The van der Waals surface area contributed by atoms with Crippen LogP contribution < -0.4 is 0 Å². The summed E-state index contributed by atoms with van der Waals surface area (Å²) < 4.78 is 27.5. The lowest BCUT2D eigenvalue weighted by Gasteiger charge is -2.26. The quantitative estimate of drug-likeness (QED) is 0.777. The molecule has 1 atom stereocenters. The van der Waals surface area contributed by atoms with Crippen LogP contribution in [0.15, 0.2) is 54.9 Å². The monoisotopic (exact) mass is 285 g/mol. The average molecular weight is 285 g/mol. The van der Waals surface area contributed by atoms with Crippen molar-refractivity contribution in [1.82, 2.24) is 4.98 Å². The highest BCUT2D eigenvalue weighted by Gasteiger charge is 2.31. The van der Waals surface area contributed by atoms with Crippen LogP contribution in [-0.4, -0.2) is 10.1 Å². The van der Waals surface area contributed by atoms with Crippen molar-refractivity contribution in [2.24, 2.45) is 0 Å². The predicted octanol–water partition coefficient (Wildman–Crippen LogP) is 3.77. The van der Waals surface area contributed by atoms with Gasteiger partial charge in [-0.05, 0) is 18.4 Å². The van der Waals surface area contributed by atoms with Gasteiger partial charge in [-0.1, -0.05) is 36.4 Å². The number of fused-ring (bicyclic) bond motifs is 1. The van der Waals surface area contributed by atoms with Crippen molar-refractivity contribution < 1.29 is 13.9 Å². The van der Waals surface area contributed by atoms with Gasteiger partial charge in [0.15, 0.2) is 11.6 Å². The first kappa shape index (κ1) is 13.6. The number of nitrogens with zero attached hydrogens (tertiary/aromatic N) is 1. The molecular formula is C17H13F2NO. The van der Waals surface area contributed by atoms with Crippen molar-refractivity contribution in [2.75, 3.05) is 0 Å². The third-order valence-electron chi connectivity index (χ3n) is 3.67. The van der Waals surface area contributed by atoms with Gasteiger partial charge in [-0.25, -0.2) is 8.78 Å². The normalized spacial score (nSPS) is 14.1. The molecule has 1 aromatic heterocycles. The van der Waals surface area contributed by atoms with Gasteiger partial charge in [0, 0.05) is 28.9 Å². The number of rotatable bonds is 2. The zero-order valence-electron chi connectivity index (χ0n) is 11.3. The Morgan fingerprint density at radius 1 is 0.952 bits per heavy atom. The topological polar surface area (TPSA) is 33.1 Å². The van der Waals surface area contributed by atoms with Crippen molar-refractivity contribution in [3.63, 3.8) is 0 Å². The van der Waals surface area contributed by atoms with Crippen LogP contribution in [0, 0.1) is 11.6 Å². The summed E-state index contributed by atoms with van der Waals surface area (Å²) in [5, 5.41) is 12.4. The molecule has 0 bridgehead atoms. The second-order valence-corrected chi connectivity index (χ2v) is 5.08. The lowest BCUT2D eigenvalue weighted by atomic mass is 9.86. The van der Waals surface area contributed by atoms with Crippen LogP contribution in [0.2, 0.25) is 0 Å². The molecule has 0 aliphatic carbocycles. The van der Waals surface area contributed by atoms with Crippen molar-refractivity contribution in [1.29, 1.82) is 0 Å². The Bertz CT molecular complexity index is 809. The molecule has 1 unspecified atom stereocenters. The predicted molar refractivity (Wildman–Crippen MR) is 76.8 cm³/mol. The fourth-order valence-corrected chi connectivity index (χ4v) is 2.53. The number of benzene rings is 2. The van der Waals surface area contributed by atoms with Gasteiger partial charge in [-0.3, -0.25) is 4.98 Å². The van der Waals surface area contributed by atoms with Crippen LogP contribution in [0.25, 0.3) is 10.8 Å². The maximum absolute atomic E-state index is 14.0. The number of aliphatic hydroxyl groups is 1. The molecule has 0 aliphatic rings. The minimum Gasteiger partial charge on any atom is -0.380 e. The van der Waals surface area contributed by atoms with E-state index in [0.717, 1.165) is 16.8 Å². The van der Waals surface area contributed by atoms with Gasteiger partial charge in [0.05, 0.1) is 0 Å². The molecule has 0 radical (unpaired) electrons. The van der Waals surface area contributed by atoms with E-state index >= 15 is 0 Å². The molecular weight excluding hydrogens is 272 g/mol. The Morgan fingerprint density at radius 2 is 1.71 bits per heavy atom. The first-order valence-corrected chi connectivity index (χ1v) is 6.52. The fraction of sp³-hybridized carbons (Fsp3) is 0.118. The molecule has 4 heteroatoms. The Balaban J connectivity index is 2.27. The number of halogens is 2. The van der Waals surface area contributed by atoms with E-state index in [0.29, 0.717) is 5.56 Å². The van der Waals surface area contributed by atoms with Gasteiger partial charge in [-0.2, -0.15) is 0 Å². The van der Waals surface area contributed by atoms with Gasteiger partial charge in [-0.15, -0.1) is 0 Å². The summed E-state index contributed by atoms with van der Waals surface area (Å²) in [4.78, 5) is 4.08. The molecule has 2 nitrogen and oxygen atoms in total. The second kappa shape index (κ2) is 4.90. The third-order valence-corrected chi connectivity index (χ3v) is 3.67. The summed E-state index contributed by atoms with van der Waals surface area (Å²) in [5.74, 6) is -2.03. The largest absolute Gasteiger partial charge is 0.380 e. The van der Waals surface area contributed by atoms with Crippen LogP contribution >= 0.6 is 0 Å². The smallest absolute Gasteiger partial charge is 0.165 e. The molecule has 0 aliphatic heterocycles. The maximum Gasteiger partial charge on any atom is 0.165 e. The van der Waals surface area contributed by atoms with E-state index in [1.165, 1.54) is 25.3 Å². The van der Waals surface area contributed by atoms with Gasteiger partial charge in [0.2, 0.25) is 0 Å². The molecule has 2 aromatic carbocycles. The molecule has 0 spiro atoms. The zero-order chi connectivity index (χ0) is 15.0. The van der Waals surface area contributed by atoms with Gasteiger partial charge < -0.3 is 5.11 Å². The van der Waals surface area contributed by atoms with Gasteiger partial charge in [0.1, 0.15) is 5.60 Å². The van der Waals surface area contributed by atoms with E-state index in [-0.39, 0.29) is 5.56 Å². The molecule has 106 valence electrons. The molecule has 21 heavy (non-hydrogen) atoms. The number of hydrogen-bond donors (Lipinski definition) is 1. The SMILES string of the molecule is CC(O)(c1cccc(F)c1F)c1cncc2ccccc12. The minimum absolute atomic E-state index is 0.111. The molecule has 3 aromatic rings. The number of hydrogen-bond acceptors (Lipinski definition) is 2. The van der Waals surface area contributed by atoms with E-state index in [1.54, 1.807) is 6.20 Å². The number of pyridine rings is 1. The van der Waals surface area contributed by atoms with Gasteiger partial charge >= 0.3 is 0 Å². The van der Waals surface area contributed by atoms with E-state index in [4.69, 9.17) is 0 Å². The van der Waals surface area contributed by atoms with Crippen LogP contribution in [0.3, 0.4) is 0 Å². The highest BCUT2D eigenvalue weighted by Crippen LogP contribution is 2.35. The summed E-state index contributed by atoms with van der Waals surface area (Å²) in [7, 11) is 0. The highest BCUT2D eigenvalue weighted by molar-refractivity contribution is 5.85. The second-order valence-electron chi connectivity index (χ2n) is 5.08. The summed E-state index contributed by atoms with van der Waals surface area (Å²) in [5.41, 5.74) is -1.36. The van der Waals surface area contributed by atoms with Crippen molar-refractivity contribution in [3.05, 3.63) is 77.6 Å². The Labute approximate surface area is 120 Å². The molecule has 0 amide bonds. The molecule has 1 N–H and O–H groups in total. The van der Waals surface area contributed by atoms with Crippen LogP contribution in [-0.2, 0) is 5.60 Å². The summed E-state index contributed by atoms with van der Waals surface area (Å²) >= 11 is 0. The first-order chi connectivity index (χ1) is 10.0. The molecule has 3 rings (SSSR count). The zero-order valence-corrected chi connectivity index (χ0v) is 11.3. The minimum atomic E-state index is -1.68. The Morgan fingerprint density at radius 3 is 2.52 bits per heavy atom. The van der Waals surface area contributed by atoms with Crippen LogP contribution in [0.4, 0.5) is 8.78 Å². The van der Waals surface area contributed by atoms with Crippen LogP contribution in [0.1, 0.15) is 18.1 Å². The maximum atomic E-state index is 14.0. The fourth-order valence-electron chi connectivity index (χ4n) is 2.53. The summed E-state index contributed by atoms with van der Waals surface area (Å²) in [6.07, 6.45) is 3.14. The molecule has 0 saturated heterocycles. The van der Waals surface area contributed by atoms with Crippen molar-refractivity contribution in [2.45, 2.75) is 12.5 Å². The van der Waals surface area contributed by atoms with E-state index in [9.17, 15) is 13.9 Å². The van der Waals surface area contributed by atoms with Crippen LogP contribution in [0.5, 0.6) is 0 Å². The van der Waals surface area contributed by atoms with Crippen molar-refractivity contribution >= 4 is 10.8 Å². The van der Waals surface area contributed by atoms with Crippen molar-refractivity contribution in [3.8, 4) is 0 Å². The summed E-state index contributed by atoms with van der Waals surface area (Å²) in [6.45, 7) is 1.44. The third kappa shape index (κ3) is 2.17.